The van der Waals surface area contributed by atoms with Gasteiger partial charge in [-0.05, 0) is 44.3 Å². The van der Waals surface area contributed by atoms with E-state index in [1.54, 1.807) is 0 Å². The van der Waals surface area contributed by atoms with Gasteiger partial charge in [0, 0.05) is 0 Å². The molecule has 0 atom stereocenters. The van der Waals surface area contributed by atoms with E-state index >= 15 is 0 Å². The van der Waals surface area contributed by atoms with E-state index in [9.17, 15) is 0 Å². The lowest BCUT2D eigenvalue weighted by atomic mass is 9.94. The van der Waals surface area contributed by atoms with Crippen LogP contribution in [-0.4, -0.2) is 0 Å². The average molecular weight is 178 g/mol. The maximum absolute atomic E-state index is 4.10. The molecule has 0 aliphatic heterocycles. The van der Waals surface area contributed by atoms with Gasteiger partial charge in [-0.3, -0.25) is 0 Å². The van der Waals surface area contributed by atoms with E-state index in [0.717, 1.165) is 12.0 Å². The highest BCUT2D eigenvalue weighted by atomic mass is 14.1. The summed E-state index contributed by atoms with van der Waals surface area (Å²) < 4.78 is 0. The molecule has 0 saturated heterocycles. The van der Waals surface area contributed by atoms with E-state index in [-0.39, 0.29) is 0 Å². The molecule has 0 spiro atoms. The summed E-state index contributed by atoms with van der Waals surface area (Å²) >= 11 is 0. The van der Waals surface area contributed by atoms with Crippen molar-refractivity contribution in [3.8, 4) is 0 Å². The molecule has 13 heavy (non-hydrogen) atoms. The van der Waals surface area contributed by atoms with Crippen molar-refractivity contribution in [3.63, 3.8) is 0 Å². The van der Waals surface area contributed by atoms with Crippen molar-refractivity contribution >= 4 is 0 Å². The quantitative estimate of drug-likeness (QED) is 0.556. The van der Waals surface area contributed by atoms with Gasteiger partial charge in [0.15, 0.2) is 0 Å². The lowest BCUT2D eigenvalue weighted by molar-refractivity contribution is 0.646. The first-order chi connectivity index (χ1) is 5.86. The van der Waals surface area contributed by atoms with Crippen LogP contribution >= 0.6 is 0 Å². The third-order valence-corrected chi connectivity index (χ3v) is 2.39. The molecule has 0 nitrogen and oxygen atoms in total. The van der Waals surface area contributed by atoms with E-state index in [4.69, 9.17) is 0 Å². The van der Waals surface area contributed by atoms with Gasteiger partial charge in [-0.2, -0.15) is 0 Å². The van der Waals surface area contributed by atoms with Crippen LogP contribution in [0.4, 0.5) is 0 Å². The molecule has 0 amide bonds. The van der Waals surface area contributed by atoms with Crippen LogP contribution in [0.2, 0.25) is 0 Å². The highest BCUT2D eigenvalue weighted by Crippen LogP contribution is 2.22. The summed E-state index contributed by atoms with van der Waals surface area (Å²) in [4.78, 5) is 0. The minimum atomic E-state index is 0.681. The Bertz CT molecular complexity index is 239. The highest BCUT2D eigenvalue weighted by molar-refractivity contribution is 5.39. The molecule has 0 bridgehead atoms. The fourth-order valence-corrected chi connectivity index (χ4v) is 1.23. The lowest BCUT2D eigenvalue weighted by Crippen LogP contribution is -1.94. The normalized spacial score (nSPS) is 12.8. The van der Waals surface area contributed by atoms with Crippen LogP contribution < -0.4 is 0 Å². The molecule has 0 radical (unpaired) electrons. The predicted octanol–water partition coefficient (Wildman–Crippen LogP) is 4.50. The Balaban J connectivity index is 4.59. The molecule has 0 aromatic heterocycles. The van der Waals surface area contributed by atoms with Crippen LogP contribution in [0.25, 0.3) is 0 Å². The molecular formula is C13H22. The summed E-state index contributed by atoms with van der Waals surface area (Å²) in [5, 5.41) is 0. The zero-order valence-electron chi connectivity index (χ0n) is 9.70. The van der Waals surface area contributed by atoms with Gasteiger partial charge in [0.2, 0.25) is 0 Å². The van der Waals surface area contributed by atoms with Crippen molar-refractivity contribution in [2.45, 2.75) is 41.0 Å². The summed E-state index contributed by atoms with van der Waals surface area (Å²) in [5.41, 5.74) is 4.98. The number of hydrogen-bond donors (Lipinski definition) is 0. The molecular weight excluding hydrogens is 156 g/mol. The number of rotatable bonds is 4. The first-order valence-electron chi connectivity index (χ1n) is 4.87. The summed E-state index contributed by atoms with van der Waals surface area (Å²) in [5.74, 6) is 0.681. The second-order valence-corrected chi connectivity index (χ2v) is 4.23. The molecule has 74 valence electrons. The molecule has 0 heteroatoms. The van der Waals surface area contributed by atoms with Crippen LogP contribution in [0.5, 0.6) is 0 Å². The standard InChI is InChI=1S/C13H22/c1-9(2)8-11(5)13(7)12(6)10(3)4/h9H,3,5,8H2,1-2,4,6-7H3/b13-12-. The molecule has 0 fully saturated rings. The smallest absolute Gasteiger partial charge is 0.0259 e. The molecule has 0 aliphatic carbocycles. The lowest BCUT2D eigenvalue weighted by Gasteiger charge is -2.12. The average Bonchev–Trinajstić information content (AvgIpc) is 2.00. The minimum absolute atomic E-state index is 0.681. The number of allylic oxidation sites excluding steroid dienone is 4. The first kappa shape index (κ1) is 12.2. The Labute approximate surface area is 83.0 Å². The van der Waals surface area contributed by atoms with Crippen LogP contribution in [0.3, 0.4) is 0 Å². The molecule has 0 unspecified atom stereocenters. The Morgan fingerprint density at radius 1 is 1.00 bits per heavy atom. The zero-order valence-corrected chi connectivity index (χ0v) is 9.70. The molecule has 0 saturated carbocycles. The molecule has 0 N–H and O–H groups in total. The van der Waals surface area contributed by atoms with Crippen LogP contribution in [-0.2, 0) is 0 Å². The van der Waals surface area contributed by atoms with Gasteiger partial charge in [0.05, 0.1) is 0 Å². The third kappa shape index (κ3) is 4.12. The van der Waals surface area contributed by atoms with E-state index < -0.39 is 0 Å². The predicted molar refractivity (Wildman–Crippen MR) is 61.8 cm³/mol. The Hall–Kier alpha value is -0.780. The van der Waals surface area contributed by atoms with Gasteiger partial charge in [-0.15, -0.1) is 0 Å². The minimum Gasteiger partial charge on any atom is -0.0958 e. The van der Waals surface area contributed by atoms with Crippen LogP contribution in [0.15, 0.2) is 35.5 Å². The summed E-state index contributed by atoms with van der Waals surface area (Å²) in [7, 11) is 0. The third-order valence-electron chi connectivity index (χ3n) is 2.39. The largest absolute Gasteiger partial charge is 0.0958 e. The second-order valence-electron chi connectivity index (χ2n) is 4.23. The van der Waals surface area contributed by atoms with Crippen molar-refractivity contribution in [2.24, 2.45) is 5.92 Å². The zero-order chi connectivity index (χ0) is 10.6. The fourth-order valence-electron chi connectivity index (χ4n) is 1.23. The van der Waals surface area contributed by atoms with Crippen molar-refractivity contribution in [1.29, 1.82) is 0 Å². The second kappa shape index (κ2) is 5.06. The SMILES string of the molecule is C=C(C)/C(C)=C(/C)C(=C)CC(C)C. The van der Waals surface area contributed by atoms with E-state index in [0.29, 0.717) is 5.92 Å². The Morgan fingerprint density at radius 2 is 1.46 bits per heavy atom. The molecule has 0 aliphatic rings. The summed E-state index contributed by atoms with van der Waals surface area (Å²) in [6, 6.07) is 0. The van der Waals surface area contributed by atoms with Gasteiger partial charge in [-0.25, -0.2) is 0 Å². The van der Waals surface area contributed by atoms with Crippen LogP contribution in [0, 0.1) is 5.92 Å². The Kier molecular flexibility index (Phi) is 4.76. The summed E-state index contributed by atoms with van der Waals surface area (Å²) in [6.07, 6.45) is 1.08. The van der Waals surface area contributed by atoms with Crippen LogP contribution in [0.1, 0.15) is 41.0 Å². The topological polar surface area (TPSA) is 0 Å². The fraction of sp³-hybridized carbons (Fsp3) is 0.538. The van der Waals surface area contributed by atoms with Gasteiger partial charge < -0.3 is 0 Å². The van der Waals surface area contributed by atoms with E-state index in [2.05, 4.69) is 40.9 Å². The van der Waals surface area contributed by atoms with Gasteiger partial charge in [0.1, 0.15) is 0 Å². The van der Waals surface area contributed by atoms with Crippen molar-refractivity contribution in [1.82, 2.24) is 0 Å². The van der Waals surface area contributed by atoms with Crippen molar-refractivity contribution < 1.29 is 0 Å². The monoisotopic (exact) mass is 178 g/mol. The van der Waals surface area contributed by atoms with Crippen molar-refractivity contribution in [2.75, 3.05) is 0 Å². The van der Waals surface area contributed by atoms with Gasteiger partial charge >= 0.3 is 0 Å². The van der Waals surface area contributed by atoms with E-state index in [1.807, 2.05) is 6.92 Å². The van der Waals surface area contributed by atoms with Gasteiger partial charge in [0.25, 0.3) is 0 Å². The molecule has 0 aromatic carbocycles. The number of hydrogen-bond acceptors (Lipinski definition) is 0. The maximum Gasteiger partial charge on any atom is -0.0259 e. The van der Waals surface area contributed by atoms with Crippen molar-refractivity contribution in [3.05, 3.63) is 35.5 Å². The highest BCUT2D eigenvalue weighted by Gasteiger charge is 2.04. The molecule has 0 heterocycles. The summed E-state index contributed by atoms with van der Waals surface area (Å²) in [6.45, 7) is 18.8. The van der Waals surface area contributed by atoms with Gasteiger partial charge in [-0.1, -0.05) is 38.2 Å². The molecule has 0 rings (SSSR count). The maximum atomic E-state index is 4.10. The Morgan fingerprint density at radius 3 is 1.77 bits per heavy atom. The first-order valence-corrected chi connectivity index (χ1v) is 4.87. The molecule has 0 aromatic rings. The van der Waals surface area contributed by atoms with E-state index in [1.165, 1.54) is 16.7 Å².